The van der Waals surface area contributed by atoms with Crippen LogP contribution >= 0.6 is 23.2 Å². The van der Waals surface area contributed by atoms with E-state index in [1.807, 2.05) is 31.2 Å². The first kappa shape index (κ1) is 22.8. The van der Waals surface area contributed by atoms with Gasteiger partial charge in [0.1, 0.15) is 18.2 Å². The smallest absolute Gasteiger partial charge is 0.256 e. The van der Waals surface area contributed by atoms with Gasteiger partial charge >= 0.3 is 0 Å². The molecule has 0 saturated heterocycles. The van der Waals surface area contributed by atoms with E-state index in [0.717, 1.165) is 11.3 Å². The predicted octanol–water partition coefficient (Wildman–Crippen LogP) is 6.52. The molecule has 168 valence electrons. The van der Waals surface area contributed by atoms with E-state index in [4.69, 9.17) is 27.9 Å². The third-order valence-corrected chi connectivity index (χ3v) is 5.60. The molecule has 0 bridgehead atoms. The number of ether oxygens (including phenoxy) is 1. The quantitative estimate of drug-likeness (QED) is 0.325. The lowest BCUT2D eigenvalue weighted by Crippen LogP contribution is -2.13. The summed E-state index contributed by atoms with van der Waals surface area (Å²) in [5.74, 6) is 0.346. The van der Waals surface area contributed by atoms with Gasteiger partial charge in [-0.1, -0.05) is 47.5 Å². The zero-order valence-corrected chi connectivity index (χ0v) is 19.2. The Morgan fingerprint density at radius 2 is 1.82 bits per heavy atom. The summed E-state index contributed by atoms with van der Waals surface area (Å²) < 4.78 is 21.4. The summed E-state index contributed by atoms with van der Waals surface area (Å²) in [6.45, 7) is 2.34. The zero-order valence-electron chi connectivity index (χ0n) is 17.7. The summed E-state index contributed by atoms with van der Waals surface area (Å²) in [6.07, 6.45) is 0. The highest BCUT2D eigenvalue weighted by atomic mass is 35.5. The number of aromatic nitrogens is 2. The molecule has 0 unspecified atom stereocenters. The Morgan fingerprint density at radius 1 is 1.06 bits per heavy atom. The monoisotopic (exact) mass is 483 g/mol. The molecule has 33 heavy (non-hydrogen) atoms. The third-order valence-electron chi connectivity index (χ3n) is 5.01. The van der Waals surface area contributed by atoms with Gasteiger partial charge in [0.05, 0.1) is 6.54 Å². The first-order chi connectivity index (χ1) is 15.9. The van der Waals surface area contributed by atoms with Gasteiger partial charge in [-0.25, -0.2) is 4.39 Å². The Labute approximate surface area is 200 Å². The Morgan fingerprint density at radius 3 is 2.55 bits per heavy atom. The van der Waals surface area contributed by atoms with Crippen molar-refractivity contribution in [2.24, 2.45) is 0 Å². The Bertz CT molecular complexity index is 1270. The fourth-order valence-corrected chi connectivity index (χ4v) is 3.63. The van der Waals surface area contributed by atoms with Crippen LogP contribution in [0.2, 0.25) is 10.0 Å². The largest absolute Gasteiger partial charge is 0.489 e. The van der Waals surface area contributed by atoms with Crippen molar-refractivity contribution in [3.8, 4) is 5.75 Å². The lowest BCUT2D eigenvalue weighted by atomic mass is 10.1. The topological polar surface area (TPSA) is 56.1 Å². The summed E-state index contributed by atoms with van der Waals surface area (Å²) in [5, 5.41) is 8.08. The number of rotatable bonds is 7. The van der Waals surface area contributed by atoms with Crippen molar-refractivity contribution in [2.75, 3.05) is 5.32 Å². The van der Waals surface area contributed by atoms with Gasteiger partial charge in [-0.2, -0.15) is 5.10 Å². The number of aryl methyl sites for hydroxylation is 1. The number of hydrogen-bond donors (Lipinski definition) is 1. The fraction of sp³-hybridized carbons (Fsp3) is 0.120. The SMILES string of the molecule is Cc1cc(NC(=O)c2ccc(COc3cccc(Cl)c3)cc2)nn1Cc1c(F)cccc1Cl. The zero-order chi connectivity index (χ0) is 23.4. The number of anilines is 1. The van der Waals surface area contributed by atoms with Crippen molar-refractivity contribution in [2.45, 2.75) is 20.1 Å². The molecule has 0 atom stereocenters. The molecule has 5 nitrogen and oxygen atoms in total. The van der Waals surface area contributed by atoms with Gasteiger partial charge in [0.15, 0.2) is 5.82 Å². The van der Waals surface area contributed by atoms with E-state index in [-0.39, 0.29) is 12.5 Å². The van der Waals surface area contributed by atoms with Gasteiger partial charge in [-0.3, -0.25) is 9.48 Å². The highest BCUT2D eigenvalue weighted by Gasteiger charge is 2.13. The van der Waals surface area contributed by atoms with E-state index >= 15 is 0 Å². The summed E-state index contributed by atoms with van der Waals surface area (Å²) in [6, 6.07) is 20.5. The second-order valence-electron chi connectivity index (χ2n) is 7.43. The van der Waals surface area contributed by atoms with Crippen LogP contribution in [-0.2, 0) is 13.2 Å². The van der Waals surface area contributed by atoms with Gasteiger partial charge in [0, 0.05) is 32.9 Å². The Kier molecular flexibility index (Phi) is 6.96. The minimum Gasteiger partial charge on any atom is -0.489 e. The molecule has 0 radical (unpaired) electrons. The van der Waals surface area contributed by atoms with E-state index in [2.05, 4.69) is 10.4 Å². The van der Waals surface area contributed by atoms with Crippen molar-refractivity contribution in [3.63, 3.8) is 0 Å². The van der Waals surface area contributed by atoms with Gasteiger partial charge in [-0.15, -0.1) is 0 Å². The summed E-state index contributed by atoms with van der Waals surface area (Å²) >= 11 is 12.1. The third kappa shape index (κ3) is 5.72. The molecular formula is C25H20Cl2FN3O2. The van der Waals surface area contributed by atoms with Gasteiger partial charge in [0.25, 0.3) is 5.91 Å². The number of nitrogens with zero attached hydrogens (tertiary/aromatic N) is 2. The molecule has 0 spiro atoms. The van der Waals surface area contributed by atoms with Crippen molar-refractivity contribution in [3.05, 3.63) is 111 Å². The van der Waals surface area contributed by atoms with E-state index in [9.17, 15) is 9.18 Å². The normalized spacial score (nSPS) is 10.8. The first-order valence-electron chi connectivity index (χ1n) is 10.1. The molecule has 4 rings (SSSR count). The molecule has 0 aliphatic rings. The number of amides is 1. The van der Waals surface area contributed by atoms with Crippen LogP contribution < -0.4 is 10.1 Å². The molecule has 4 aromatic rings. The van der Waals surface area contributed by atoms with Crippen molar-refractivity contribution in [1.82, 2.24) is 9.78 Å². The second kappa shape index (κ2) is 10.1. The molecule has 0 aliphatic heterocycles. The molecule has 1 aromatic heterocycles. The second-order valence-corrected chi connectivity index (χ2v) is 8.27. The summed E-state index contributed by atoms with van der Waals surface area (Å²) in [5.41, 5.74) is 2.50. The van der Waals surface area contributed by atoms with Crippen LogP contribution in [0.15, 0.2) is 72.8 Å². The average molecular weight is 484 g/mol. The summed E-state index contributed by atoms with van der Waals surface area (Å²) in [7, 11) is 0. The molecule has 0 aliphatic carbocycles. The minimum absolute atomic E-state index is 0.161. The number of carbonyl (C=O) groups excluding carboxylic acids is 1. The van der Waals surface area contributed by atoms with E-state index < -0.39 is 5.82 Å². The summed E-state index contributed by atoms with van der Waals surface area (Å²) in [4.78, 5) is 12.6. The maximum Gasteiger partial charge on any atom is 0.256 e. The van der Waals surface area contributed by atoms with E-state index in [1.54, 1.807) is 47.1 Å². The Hall–Kier alpha value is -3.35. The van der Waals surface area contributed by atoms with Crippen LogP contribution in [0.1, 0.15) is 27.2 Å². The highest BCUT2D eigenvalue weighted by Crippen LogP contribution is 2.22. The first-order valence-corrected chi connectivity index (χ1v) is 10.9. The number of nitrogens with one attached hydrogen (secondary N) is 1. The van der Waals surface area contributed by atoms with Crippen LogP contribution in [0.5, 0.6) is 5.75 Å². The minimum atomic E-state index is -0.401. The molecule has 1 amide bonds. The van der Waals surface area contributed by atoms with Gasteiger partial charge < -0.3 is 10.1 Å². The predicted molar refractivity (Wildman–Crippen MR) is 128 cm³/mol. The lowest BCUT2D eigenvalue weighted by molar-refractivity contribution is 0.102. The number of halogens is 3. The van der Waals surface area contributed by atoms with Crippen LogP contribution in [0.3, 0.4) is 0 Å². The average Bonchev–Trinajstić information content (AvgIpc) is 3.14. The van der Waals surface area contributed by atoms with E-state index in [1.165, 1.54) is 6.07 Å². The molecular weight excluding hydrogens is 464 g/mol. The molecule has 8 heteroatoms. The van der Waals surface area contributed by atoms with Crippen LogP contribution in [0, 0.1) is 12.7 Å². The fourth-order valence-electron chi connectivity index (χ4n) is 3.23. The maximum absolute atomic E-state index is 14.1. The van der Waals surface area contributed by atoms with Crippen LogP contribution in [0.25, 0.3) is 0 Å². The standard InChI is InChI=1S/C25H20Cl2FN3O2/c1-16-12-24(30-31(16)14-21-22(27)6-3-7-23(21)28)29-25(32)18-10-8-17(9-11-18)15-33-20-5-2-4-19(26)13-20/h2-13H,14-15H2,1H3,(H,29,30,32). The van der Waals surface area contributed by atoms with Crippen LogP contribution in [0.4, 0.5) is 10.2 Å². The molecule has 0 saturated carbocycles. The van der Waals surface area contributed by atoms with Crippen LogP contribution in [-0.4, -0.2) is 15.7 Å². The van der Waals surface area contributed by atoms with Crippen molar-refractivity contribution >= 4 is 34.9 Å². The van der Waals surface area contributed by atoms with Crippen molar-refractivity contribution < 1.29 is 13.9 Å². The maximum atomic E-state index is 14.1. The lowest BCUT2D eigenvalue weighted by Gasteiger charge is -2.08. The Balaban J connectivity index is 1.38. The highest BCUT2D eigenvalue weighted by molar-refractivity contribution is 6.31. The number of benzene rings is 3. The molecule has 3 aromatic carbocycles. The molecule has 1 N–H and O–H groups in total. The van der Waals surface area contributed by atoms with Crippen molar-refractivity contribution in [1.29, 1.82) is 0 Å². The van der Waals surface area contributed by atoms with Gasteiger partial charge in [0.2, 0.25) is 0 Å². The molecule has 1 heterocycles. The van der Waals surface area contributed by atoms with Gasteiger partial charge in [-0.05, 0) is 55.0 Å². The number of hydrogen-bond acceptors (Lipinski definition) is 3. The molecule has 0 fully saturated rings. The number of carbonyl (C=O) groups is 1. The van der Waals surface area contributed by atoms with E-state index in [0.29, 0.717) is 39.3 Å².